The third-order valence-corrected chi connectivity index (χ3v) is 5.91. The van der Waals surface area contributed by atoms with E-state index in [2.05, 4.69) is 9.97 Å². The maximum Gasteiger partial charge on any atom is 0.245 e. The van der Waals surface area contributed by atoms with Gasteiger partial charge in [-0.25, -0.2) is 13.4 Å². The number of nitrogens with one attached hydrogen (secondary N) is 1. The molecule has 3 N–H and O–H groups in total. The zero-order valence-corrected chi connectivity index (χ0v) is 12.1. The molecular formula is C13H18N4O2S. The molecule has 0 bridgehead atoms. The normalized spacial score (nSPS) is 25.1. The molecule has 20 heavy (non-hydrogen) atoms. The van der Waals surface area contributed by atoms with E-state index < -0.39 is 10.0 Å². The lowest BCUT2D eigenvalue weighted by molar-refractivity contribution is 0.247. The highest BCUT2D eigenvalue weighted by Crippen LogP contribution is 2.28. The van der Waals surface area contributed by atoms with Crippen molar-refractivity contribution >= 4 is 21.1 Å². The molecule has 2 aromatic heterocycles. The maximum atomic E-state index is 12.8. The first-order valence-corrected chi connectivity index (χ1v) is 8.13. The molecule has 3 heterocycles. The third-order valence-electron chi connectivity index (χ3n) is 3.86. The van der Waals surface area contributed by atoms with Crippen molar-refractivity contribution in [3.63, 3.8) is 0 Å². The molecular weight excluding hydrogens is 276 g/mol. The van der Waals surface area contributed by atoms with E-state index in [1.54, 1.807) is 22.6 Å². The van der Waals surface area contributed by atoms with Crippen LogP contribution in [0.4, 0.5) is 0 Å². The zero-order valence-electron chi connectivity index (χ0n) is 11.3. The van der Waals surface area contributed by atoms with Crippen LogP contribution in [0.25, 0.3) is 11.0 Å². The Labute approximate surface area is 118 Å². The Morgan fingerprint density at radius 3 is 3.05 bits per heavy atom. The van der Waals surface area contributed by atoms with Gasteiger partial charge < -0.3 is 10.7 Å². The fraction of sp³-hybridized carbons (Fsp3) is 0.462. The van der Waals surface area contributed by atoms with E-state index in [-0.39, 0.29) is 12.1 Å². The lowest BCUT2D eigenvalue weighted by atomic mass is 10.0. The largest absolute Gasteiger partial charge is 0.345 e. The van der Waals surface area contributed by atoms with Crippen LogP contribution in [0.2, 0.25) is 0 Å². The zero-order chi connectivity index (χ0) is 14.3. The standard InChI is InChI=1S/C13H18N4O2S/c1-9-7-10(14)4-6-17(9)20(18,19)12-8-16-13-11(12)3-2-5-15-13/h2-3,5,8-10H,4,6-7,14H2,1H3,(H,15,16). The Hall–Kier alpha value is -1.44. The molecule has 1 fully saturated rings. The van der Waals surface area contributed by atoms with E-state index in [9.17, 15) is 8.42 Å². The fourth-order valence-corrected chi connectivity index (χ4v) is 4.62. The van der Waals surface area contributed by atoms with Gasteiger partial charge in [-0.05, 0) is 31.9 Å². The van der Waals surface area contributed by atoms with Gasteiger partial charge in [0.15, 0.2) is 0 Å². The molecule has 108 valence electrons. The summed E-state index contributed by atoms with van der Waals surface area (Å²) >= 11 is 0. The number of nitrogens with zero attached hydrogens (tertiary/aromatic N) is 2. The molecule has 2 atom stereocenters. The van der Waals surface area contributed by atoms with Crippen molar-refractivity contribution in [1.29, 1.82) is 0 Å². The first-order chi connectivity index (χ1) is 9.50. The Morgan fingerprint density at radius 2 is 2.30 bits per heavy atom. The summed E-state index contributed by atoms with van der Waals surface area (Å²) < 4.78 is 27.2. The molecule has 1 aliphatic heterocycles. The van der Waals surface area contributed by atoms with E-state index in [1.807, 2.05) is 6.92 Å². The highest BCUT2D eigenvalue weighted by molar-refractivity contribution is 7.89. The minimum atomic E-state index is -3.51. The number of H-pyrrole nitrogens is 1. The minimum Gasteiger partial charge on any atom is -0.345 e. The Kier molecular flexibility index (Phi) is 3.27. The van der Waals surface area contributed by atoms with Crippen LogP contribution in [0.15, 0.2) is 29.4 Å². The molecule has 0 amide bonds. The number of pyridine rings is 1. The van der Waals surface area contributed by atoms with Gasteiger partial charge in [0.05, 0.1) is 0 Å². The molecule has 0 radical (unpaired) electrons. The molecule has 1 aliphatic rings. The SMILES string of the molecule is CC1CC(N)CCN1S(=O)(=O)c1c[nH]c2ncccc12. The minimum absolute atomic E-state index is 0.0784. The summed E-state index contributed by atoms with van der Waals surface area (Å²) in [6, 6.07) is 3.52. The molecule has 2 unspecified atom stereocenters. The molecule has 0 spiro atoms. The smallest absolute Gasteiger partial charge is 0.245 e. The van der Waals surface area contributed by atoms with Gasteiger partial charge in [0.1, 0.15) is 10.5 Å². The van der Waals surface area contributed by atoms with Crippen molar-refractivity contribution in [2.45, 2.75) is 36.7 Å². The summed E-state index contributed by atoms with van der Waals surface area (Å²) in [5, 5.41) is 0.634. The predicted molar refractivity (Wildman–Crippen MR) is 76.7 cm³/mol. The summed E-state index contributed by atoms with van der Waals surface area (Å²) in [5.74, 6) is 0. The van der Waals surface area contributed by atoms with Crippen LogP contribution in [-0.4, -0.2) is 41.3 Å². The Morgan fingerprint density at radius 1 is 1.50 bits per heavy atom. The maximum absolute atomic E-state index is 12.8. The Bertz CT molecular complexity index is 725. The van der Waals surface area contributed by atoms with E-state index in [0.717, 1.165) is 0 Å². The van der Waals surface area contributed by atoms with Crippen LogP contribution in [0.5, 0.6) is 0 Å². The van der Waals surface area contributed by atoms with Crippen molar-refractivity contribution in [3.05, 3.63) is 24.5 Å². The molecule has 3 rings (SSSR count). The van der Waals surface area contributed by atoms with Crippen LogP contribution in [-0.2, 0) is 10.0 Å². The average Bonchev–Trinajstić information content (AvgIpc) is 2.82. The van der Waals surface area contributed by atoms with Gasteiger partial charge in [0.2, 0.25) is 10.0 Å². The molecule has 6 nitrogen and oxygen atoms in total. The summed E-state index contributed by atoms with van der Waals surface area (Å²) in [6.07, 6.45) is 4.55. The number of fused-ring (bicyclic) bond motifs is 1. The van der Waals surface area contributed by atoms with Crippen molar-refractivity contribution in [2.24, 2.45) is 5.73 Å². The summed E-state index contributed by atoms with van der Waals surface area (Å²) in [4.78, 5) is 7.34. The highest BCUT2D eigenvalue weighted by Gasteiger charge is 2.34. The van der Waals surface area contributed by atoms with Crippen LogP contribution in [0.1, 0.15) is 19.8 Å². The first kappa shape index (κ1) is 13.5. The van der Waals surface area contributed by atoms with Crippen LogP contribution in [0.3, 0.4) is 0 Å². The van der Waals surface area contributed by atoms with Gasteiger partial charge in [-0.2, -0.15) is 4.31 Å². The number of sulfonamides is 1. The van der Waals surface area contributed by atoms with Gasteiger partial charge in [0, 0.05) is 36.4 Å². The van der Waals surface area contributed by atoms with Crippen molar-refractivity contribution in [3.8, 4) is 0 Å². The quantitative estimate of drug-likeness (QED) is 0.866. The number of aromatic nitrogens is 2. The van der Waals surface area contributed by atoms with E-state index in [1.165, 1.54) is 6.20 Å². The molecule has 1 saturated heterocycles. The van der Waals surface area contributed by atoms with E-state index in [0.29, 0.717) is 35.3 Å². The lowest BCUT2D eigenvalue weighted by Gasteiger charge is -2.35. The molecule has 0 aromatic carbocycles. The van der Waals surface area contributed by atoms with Gasteiger partial charge >= 0.3 is 0 Å². The third kappa shape index (κ3) is 2.11. The number of aromatic amines is 1. The van der Waals surface area contributed by atoms with Crippen molar-refractivity contribution in [1.82, 2.24) is 14.3 Å². The van der Waals surface area contributed by atoms with Gasteiger partial charge in [-0.15, -0.1) is 0 Å². The lowest BCUT2D eigenvalue weighted by Crippen LogP contribution is -2.48. The summed E-state index contributed by atoms with van der Waals surface area (Å²) in [7, 11) is -3.51. The summed E-state index contributed by atoms with van der Waals surface area (Å²) in [6.45, 7) is 2.38. The second kappa shape index (κ2) is 4.83. The summed E-state index contributed by atoms with van der Waals surface area (Å²) in [5.41, 5.74) is 6.49. The molecule has 0 aliphatic carbocycles. The molecule has 0 saturated carbocycles. The number of hydrogen-bond acceptors (Lipinski definition) is 4. The first-order valence-electron chi connectivity index (χ1n) is 6.69. The van der Waals surface area contributed by atoms with Gasteiger partial charge in [-0.1, -0.05) is 0 Å². The van der Waals surface area contributed by atoms with Crippen molar-refractivity contribution in [2.75, 3.05) is 6.54 Å². The van der Waals surface area contributed by atoms with Crippen molar-refractivity contribution < 1.29 is 8.42 Å². The average molecular weight is 294 g/mol. The number of nitrogens with two attached hydrogens (primary N) is 1. The number of piperidine rings is 1. The number of hydrogen-bond donors (Lipinski definition) is 2. The highest BCUT2D eigenvalue weighted by atomic mass is 32.2. The molecule has 7 heteroatoms. The predicted octanol–water partition coefficient (Wildman–Crippen LogP) is 1.06. The van der Waals surface area contributed by atoms with Gasteiger partial charge in [-0.3, -0.25) is 0 Å². The van der Waals surface area contributed by atoms with E-state index in [4.69, 9.17) is 5.73 Å². The van der Waals surface area contributed by atoms with Crippen LogP contribution < -0.4 is 5.73 Å². The van der Waals surface area contributed by atoms with E-state index >= 15 is 0 Å². The second-order valence-corrected chi connectivity index (χ2v) is 7.16. The topological polar surface area (TPSA) is 92.1 Å². The number of rotatable bonds is 2. The monoisotopic (exact) mass is 294 g/mol. The van der Waals surface area contributed by atoms with Crippen LogP contribution in [0, 0.1) is 0 Å². The fourth-order valence-electron chi connectivity index (χ4n) is 2.81. The van der Waals surface area contributed by atoms with Crippen LogP contribution >= 0.6 is 0 Å². The molecule has 2 aromatic rings. The second-order valence-electron chi connectivity index (χ2n) is 5.30. The van der Waals surface area contributed by atoms with Gasteiger partial charge in [0.25, 0.3) is 0 Å². The Balaban J connectivity index is 2.04.